The highest BCUT2D eigenvalue weighted by Gasteiger charge is 2.18. The van der Waals surface area contributed by atoms with Gasteiger partial charge < -0.3 is 9.84 Å². The number of aromatic hydroxyl groups is 1. The minimum atomic E-state index is -0.738. The average Bonchev–Trinajstić information content (AvgIpc) is 3.07. The van der Waals surface area contributed by atoms with Gasteiger partial charge in [0.2, 0.25) is 5.88 Å². The maximum Gasteiger partial charge on any atom is 0.335 e. The highest BCUT2D eigenvalue weighted by Crippen LogP contribution is 2.35. The summed E-state index contributed by atoms with van der Waals surface area (Å²) in [5.74, 6) is 0.149. The molecule has 8 heteroatoms. The predicted molar refractivity (Wildman–Crippen MR) is 111 cm³/mol. The van der Waals surface area contributed by atoms with Gasteiger partial charge in [-0.25, -0.2) is 9.36 Å². The fraction of sp³-hybridized carbons (Fsp3) is 0.0500. The van der Waals surface area contributed by atoms with Crippen LogP contribution in [-0.4, -0.2) is 28.0 Å². The summed E-state index contributed by atoms with van der Waals surface area (Å²) < 4.78 is 7.00. The van der Waals surface area contributed by atoms with E-state index in [1.807, 2.05) is 18.2 Å². The number of methoxy groups -OCH3 is 1. The first-order chi connectivity index (χ1) is 13.5. The zero-order valence-corrected chi connectivity index (χ0v) is 16.2. The largest absolute Gasteiger partial charge is 0.497 e. The number of aliphatic imine (C=N–C) groups is 1. The topological polar surface area (TPSA) is 96.7 Å². The number of hydrogen-bond donors (Lipinski definition) is 2. The molecule has 4 rings (SSSR count). The summed E-state index contributed by atoms with van der Waals surface area (Å²) in [5, 5.41) is 10.7. The Labute approximate surface area is 167 Å². The number of nitrogens with one attached hydrogen (secondary N) is 1. The van der Waals surface area contributed by atoms with E-state index in [-0.39, 0.29) is 5.56 Å². The lowest BCUT2D eigenvalue weighted by atomic mass is 10.1. The van der Waals surface area contributed by atoms with Crippen LogP contribution in [0.4, 0.5) is 5.69 Å². The SMILES string of the molecule is COc1ccc(-n2c(O)c(C=C3C=Nc4ccc(Br)cc43)c(=O)[nH]c2=O)cc1. The number of aromatic nitrogens is 2. The van der Waals surface area contributed by atoms with E-state index < -0.39 is 17.1 Å². The number of H-pyrrole nitrogens is 1. The molecule has 0 atom stereocenters. The summed E-state index contributed by atoms with van der Waals surface area (Å²) in [6.07, 6.45) is 3.12. The second-order valence-corrected chi connectivity index (χ2v) is 6.97. The molecule has 1 aliphatic rings. The molecule has 0 bridgehead atoms. The fourth-order valence-electron chi connectivity index (χ4n) is 2.97. The Morgan fingerprint density at radius 3 is 2.64 bits per heavy atom. The van der Waals surface area contributed by atoms with Crippen LogP contribution in [0, 0.1) is 0 Å². The van der Waals surface area contributed by atoms with Crippen LogP contribution in [0.1, 0.15) is 11.1 Å². The van der Waals surface area contributed by atoms with Gasteiger partial charge in [0.05, 0.1) is 18.5 Å². The second kappa shape index (κ2) is 6.97. The Morgan fingerprint density at radius 2 is 1.93 bits per heavy atom. The summed E-state index contributed by atoms with van der Waals surface area (Å²) in [6, 6.07) is 12.1. The van der Waals surface area contributed by atoms with E-state index >= 15 is 0 Å². The van der Waals surface area contributed by atoms with Crippen molar-refractivity contribution in [2.45, 2.75) is 0 Å². The Kier molecular flexibility index (Phi) is 4.48. The minimum absolute atomic E-state index is 0.0373. The van der Waals surface area contributed by atoms with Crippen LogP contribution in [0.15, 0.2) is 61.5 Å². The number of nitrogens with zero attached hydrogens (tertiary/aromatic N) is 2. The highest BCUT2D eigenvalue weighted by atomic mass is 79.9. The van der Waals surface area contributed by atoms with Crippen LogP contribution >= 0.6 is 15.9 Å². The van der Waals surface area contributed by atoms with Crippen LogP contribution in [0.5, 0.6) is 11.6 Å². The zero-order valence-electron chi connectivity index (χ0n) is 14.6. The minimum Gasteiger partial charge on any atom is -0.497 e. The van der Waals surface area contributed by atoms with Crippen molar-refractivity contribution in [3.05, 3.63) is 78.9 Å². The first-order valence-corrected chi connectivity index (χ1v) is 9.05. The van der Waals surface area contributed by atoms with Gasteiger partial charge in [-0.15, -0.1) is 0 Å². The molecule has 2 N–H and O–H groups in total. The molecule has 0 unspecified atom stereocenters. The van der Waals surface area contributed by atoms with E-state index in [1.165, 1.54) is 13.2 Å². The lowest BCUT2D eigenvalue weighted by Crippen LogP contribution is -2.30. The molecule has 0 saturated carbocycles. The van der Waals surface area contributed by atoms with Crippen LogP contribution < -0.4 is 16.0 Å². The molecule has 2 heterocycles. The van der Waals surface area contributed by atoms with Crippen molar-refractivity contribution >= 4 is 39.5 Å². The lowest BCUT2D eigenvalue weighted by Gasteiger charge is -2.11. The number of benzene rings is 2. The van der Waals surface area contributed by atoms with Crippen molar-refractivity contribution in [1.82, 2.24) is 9.55 Å². The molecule has 3 aromatic rings. The maximum absolute atomic E-state index is 12.4. The van der Waals surface area contributed by atoms with Crippen molar-refractivity contribution < 1.29 is 9.84 Å². The number of fused-ring (bicyclic) bond motifs is 1. The monoisotopic (exact) mass is 439 g/mol. The van der Waals surface area contributed by atoms with E-state index in [0.717, 1.165) is 20.3 Å². The Hall–Kier alpha value is -3.39. The van der Waals surface area contributed by atoms with Gasteiger partial charge in [-0.2, -0.15) is 0 Å². The molecule has 0 fully saturated rings. The van der Waals surface area contributed by atoms with Crippen molar-refractivity contribution in [3.8, 4) is 17.3 Å². The molecule has 140 valence electrons. The Morgan fingerprint density at radius 1 is 1.18 bits per heavy atom. The quantitative estimate of drug-likeness (QED) is 0.654. The highest BCUT2D eigenvalue weighted by molar-refractivity contribution is 9.10. The van der Waals surface area contributed by atoms with E-state index in [4.69, 9.17) is 4.74 Å². The number of rotatable bonds is 3. The number of aromatic amines is 1. The Bertz CT molecular complexity index is 1250. The molecule has 1 aliphatic heterocycles. The predicted octanol–water partition coefficient (Wildman–Crippen LogP) is 3.26. The molecule has 0 spiro atoms. The number of allylic oxidation sites excluding steroid dienone is 1. The standard InChI is InChI=1S/C20H14BrN3O4/c1-28-14-5-3-13(4-6-14)24-19(26)16(18(25)23-20(24)27)8-11-10-22-17-7-2-12(21)9-15(11)17/h2-10,26H,1H3,(H,23,25,27). The number of hydrogen-bond acceptors (Lipinski definition) is 5. The molecule has 0 amide bonds. The van der Waals surface area contributed by atoms with Crippen molar-refractivity contribution in [3.63, 3.8) is 0 Å². The molecule has 0 saturated heterocycles. The third-order valence-corrected chi connectivity index (χ3v) is 4.86. The average molecular weight is 440 g/mol. The maximum atomic E-state index is 12.4. The van der Waals surface area contributed by atoms with Crippen molar-refractivity contribution in [2.75, 3.05) is 7.11 Å². The molecular weight excluding hydrogens is 426 g/mol. The first kappa shape index (κ1) is 18.0. The molecule has 2 aromatic carbocycles. The van der Waals surface area contributed by atoms with Crippen LogP contribution in [-0.2, 0) is 0 Å². The molecule has 1 aromatic heterocycles. The molecule has 28 heavy (non-hydrogen) atoms. The van der Waals surface area contributed by atoms with E-state index in [2.05, 4.69) is 25.9 Å². The molecule has 0 aliphatic carbocycles. The van der Waals surface area contributed by atoms with Crippen molar-refractivity contribution in [1.29, 1.82) is 0 Å². The normalized spacial score (nSPS) is 13.7. The third-order valence-electron chi connectivity index (χ3n) is 4.36. The van der Waals surface area contributed by atoms with Crippen LogP contribution in [0.2, 0.25) is 0 Å². The fourth-order valence-corrected chi connectivity index (χ4v) is 3.33. The zero-order chi connectivity index (χ0) is 19.8. The summed E-state index contributed by atoms with van der Waals surface area (Å²) in [4.78, 5) is 31.2. The van der Waals surface area contributed by atoms with Crippen LogP contribution in [0.3, 0.4) is 0 Å². The van der Waals surface area contributed by atoms with Gasteiger partial charge in [0.15, 0.2) is 0 Å². The van der Waals surface area contributed by atoms with E-state index in [9.17, 15) is 14.7 Å². The van der Waals surface area contributed by atoms with Gasteiger partial charge in [0.1, 0.15) is 11.3 Å². The summed E-state index contributed by atoms with van der Waals surface area (Å²) in [6.45, 7) is 0. The van der Waals surface area contributed by atoms with Gasteiger partial charge in [-0.05, 0) is 48.5 Å². The van der Waals surface area contributed by atoms with Gasteiger partial charge in [0.25, 0.3) is 5.56 Å². The number of ether oxygens (including phenoxy) is 1. The Balaban J connectivity index is 1.88. The first-order valence-electron chi connectivity index (χ1n) is 8.26. The smallest absolute Gasteiger partial charge is 0.335 e. The van der Waals surface area contributed by atoms with E-state index in [0.29, 0.717) is 17.0 Å². The summed E-state index contributed by atoms with van der Waals surface area (Å²) >= 11 is 3.41. The molecular formula is C20H14BrN3O4. The molecule has 7 nitrogen and oxygen atoms in total. The van der Waals surface area contributed by atoms with Gasteiger partial charge in [-0.3, -0.25) is 14.8 Å². The molecule has 0 radical (unpaired) electrons. The van der Waals surface area contributed by atoms with Crippen LogP contribution in [0.25, 0.3) is 17.3 Å². The van der Waals surface area contributed by atoms with Gasteiger partial charge >= 0.3 is 5.69 Å². The lowest BCUT2D eigenvalue weighted by molar-refractivity contribution is 0.414. The summed E-state index contributed by atoms with van der Waals surface area (Å²) in [5.41, 5.74) is 1.16. The second-order valence-electron chi connectivity index (χ2n) is 6.05. The summed E-state index contributed by atoms with van der Waals surface area (Å²) in [7, 11) is 1.53. The van der Waals surface area contributed by atoms with Gasteiger partial charge in [-0.1, -0.05) is 15.9 Å². The number of halogens is 1. The van der Waals surface area contributed by atoms with Crippen molar-refractivity contribution in [2.24, 2.45) is 4.99 Å². The van der Waals surface area contributed by atoms with E-state index in [1.54, 1.807) is 30.5 Å². The third kappa shape index (κ3) is 3.07. The van der Waals surface area contributed by atoms with Gasteiger partial charge in [0, 0.05) is 21.8 Å².